The van der Waals surface area contributed by atoms with Gasteiger partial charge in [-0.3, -0.25) is 4.79 Å². The molecule has 1 saturated heterocycles. The first-order valence-corrected chi connectivity index (χ1v) is 10.0. The molecule has 0 radical (unpaired) electrons. The van der Waals surface area contributed by atoms with Gasteiger partial charge in [0.1, 0.15) is 17.1 Å². The number of carbonyl (C=O) groups is 1. The van der Waals surface area contributed by atoms with Crippen LogP contribution in [-0.2, 0) is 12.8 Å². The van der Waals surface area contributed by atoms with Gasteiger partial charge in [0.15, 0.2) is 0 Å². The SMILES string of the molecule is Cc1cc(CCC(C)C)oc(=O)c1C(=O)N1CCC(Cc2cccc(O)c2)C1. The first-order chi connectivity index (χ1) is 13.3. The van der Waals surface area contributed by atoms with E-state index in [-0.39, 0.29) is 17.2 Å². The average Bonchev–Trinajstić information content (AvgIpc) is 3.08. The van der Waals surface area contributed by atoms with Crippen molar-refractivity contribution in [3.8, 4) is 5.75 Å². The number of nitrogens with zero attached hydrogens (tertiary/aromatic N) is 1. The third kappa shape index (κ3) is 4.83. The van der Waals surface area contributed by atoms with Crippen molar-refractivity contribution < 1.29 is 14.3 Å². The Morgan fingerprint density at radius 1 is 1.32 bits per heavy atom. The molecule has 0 spiro atoms. The number of phenols is 1. The average molecular weight is 383 g/mol. The summed E-state index contributed by atoms with van der Waals surface area (Å²) in [4.78, 5) is 27.2. The van der Waals surface area contributed by atoms with Gasteiger partial charge < -0.3 is 14.4 Å². The number of phenolic OH excluding ortho intramolecular Hbond substituents is 1. The lowest BCUT2D eigenvalue weighted by molar-refractivity contribution is 0.0781. The molecule has 28 heavy (non-hydrogen) atoms. The maximum atomic E-state index is 12.9. The van der Waals surface area contributed by atoms with E-state index in [1.54, 1.807) is 17.0 Å². The van der Waals surface area contributed by atoms with Crippen LogP contribution >= 0.6 is 0 Å². The minimum atomic E-state index is -0.528. The minimum absolute atomic E-state index is 0.159. The van der Waals surface area contributed by atoms with Crippen LogP contribution in [0.25, 0.3) is 0 Å². The molecule has 2 aromatic rings. The molecule has 1 N–H and O–H groups in total. The molecule has 1 unspecified atom stereocenters. The van der Waals surface area contributed by atoms with Crippen LogP contribution in [0, 0.1) is 18.8 Å². The topological polar surface area (TPSA) is 70.8 Å². The molecule has 1 fully saturated rings. The number of rotatable bonds is 6. The van der Waals surface area contributed by atoms with E-state index in [1.165, 1.54) is 0 Å². The lowest BCUT2D eigenvalue weighted by Crippen LogP contribution is -2.33. The summed E-state index contributed by atoms with van der Waals surface area (Å²) in [6.45, 7) is 7.31. The van der Waals surface area contributed by atoms with Gasteiger partial charge in [0, 0.05) is 19.5 Å². The van der Waals surface area contributed by atoms with Crippen molar-refractivity contribution in [2.75, 3.05) is 13.1 Å². The molecule has 1 aromatic heterocycles. The highest BCUT2D eigenvalue weighted by Gasteiger charge is 2.30. The standard InChI is InChI=1S/C23H29NO4/c1-15(2)7-8-20-11-16(3)21(23(27)28-20)22(26)24-10-9-18(14-24)12-17-5-4-6-19(25)13-17/h4-6,11,13,15,18,25H,7-10,12,14H2,1-3H3. The van der Waals surface area contributed by atoms with Gasteiger partial charge in [-0.15, -0.1) is 0 Å². The number of carbonyl (C=O) groups excluding carboxylic acids is 1. The summed E-state index contributed by atoms with van der Waals surface area (Å²) in [6, 6.07) is 9.06. The smallest absolute Gasteiger partial charge is 0.349 e. The van der Waals surface area contributed by atoms with Gasteiger partial charge in [-0.05, 0) is 67.3 Å². The molecule has 150 valence electrons. The number of hydrogen-bond donors (Lipinski definition) is 1. The molecule has 3 rings (SSSR count). The molecule has 1 aliphatic heterocycles. The van der Waals surface area contributed by atoms with E-state index in [0.29, 0.717) is 42.7 Å². The van der Waals surface area contributed by atoms with Crippen molar-refractivity contribution >= 4 is 5.91 Å². The maximum Gasteiger partial charge on any atom is 0.349 e. The van der Waals surface area contributed by atoms with Crippen molar-refractivity contribution in [1.82, 2.24) is 4.90 Å². The zero-order chi connectivity index (χ0) is 20.3. The molecule has 0 bridgehead atoms. The summed E-state index contributed by atoms with van der Waals surface area (Å²) in [6.07, 6.45) is 3.34. The second-order valence-electron chi connectivity index (χ2n) is 8.27. The van der Waals surface area contributed by atoms with Crippen molar-refractivity contribution in [3.05, 3.63) is 63.2 Å². The summed E-state index contributed by atoms with van der Waals surface area (Å²) in [5.41, 5.74) is 1.38. The fourth-order valence-electron chi connectivity index (χ4n) is 3.84. The number of aromatic hydroxyl groups is 1. The molecule has 2 heterocycles. The summed E-state index contributed by atoms with van der Waals surface area (Å²) >= 11 is 0. The van der Waals surface area contributed by atoms with Crippen molar-refractivity contribution in [2.24, 2.45) is 11.8 Å². The van der Waals surface area contributed by atoms with Gasteiger partial charge in [-0.2, -0.15) is 0 Å². The quantitative estimate of drug-likeness (QED) is 0.820. The van der Waals surface area contributed by atoms with Gasteiger partial charge in [-0.25, -0.2) is 4.79 Å². The van der Waals surface area contributed by atoms with Crippen LogP contribution < -0.4 is 5.63 Å². The first kappa shape index (κ1) is 20.2. The van der Waals surface area contributed by atoms with Crippen LogP contribution in [0.15, 0.2) is 39.5 Å². The van der Waals surface area contributed by atoms with E-state index in [4.69, 9.17) is 4.42 Å². The molecule has 1 aliphatic rings. The molecule has 1 aromatic carbocycles. The number of benzene rings is 1. The molecule has 1 atom stereocenters. The van der Waals surface area contributed by atoms with Gasteiger partial charge in [0.05, 0.1) is 0 Å². The van der Waals surface area contributed by atoms with E-state index < -0.39 is 5.63 Å². The van der Waals surface area contributed by atoms with E-state index in [2.05, 4.69) is 13.8 Å². The maximum absolute atomic E-state index is 12.9. The monoisotopic (exact) mass is 383 g/mol. The van der Waals surface area contributed by atoms with Crippen LogP contribution in [0.2, 0.25) is 0 Å². The zero-order valence-electron chi connectivity index (χ0n) is 16.9. The Bertz CT molecular complexity index is 900. The van der Waals surface area contributed by atoms with E-state index in [0.717, 1.165) is 24.8 Å². The number of amides is 1. The van der Waals surface area contributed by atoms with E-state index in [9.17, 15) is 14.7 Å². The third-order valence-electron chi connectivity index (χ3n) is 5.39. The van der Waals surface area contributed by atoms with Crippen molar-refractivity contribution in [2.45, 2.75) is 46.5 Å². The minimum Gasteiger partial charge on any atom is -0.508 e. The largest absolute Gasteiger partial charge is 0.508 e. The second-order valence-corrected chi connectivity index (χ2v) is 8.27. The number of likely N-dealkylation sites (tertiary alicyclic amines) is 1. The predicted molar refractivity (Wildman–Crippen MR) is 109 cm³/mol. The number of aryl methyl sites for hydroxylation is 2. The summed E-state index contributed by atoms with van der Waals surface area (Å²) in [7, 11) is 0. The molecular formula is C23H29NO4. The van der Waals surface area contributed by atoms with Crippen LogP contribution in [0.1, 0.15) is 53.9 Å². The lowest BCUT2D eigenvalue weighted by atomic mass is 9.98. The Hall–Kier alpha value is -2.56. The summed E-state index contributed by atoms with van der Waals surface area (Å²) in [5.74, 6) is 1.52. The predicted octanol–water partition coefficient (Wildman–Crippen LogP) is 3.95. The highest BCUT2D eigenvalue weighted by atomic mass is 16.4. The summed E-state index contributed by atoms with van der Waals surface area (Å²) in [5, 5.41) is 9.62. The van der Waals surface area contributed by atoms with Crippen LogP contribution in [0.5, 0.6) is 5.75 Å². The van der Waals surface area contributed by atoms with E-state index >= 15 is 0 Å². The van der Waals surface area contributed by atoms with Crippen molar-refractivity contribution in [3.63, 3.8) is 0 Å². The second kappa shape index (κ2) is 8.63. The fourth-order valence-corrected chi connectivity index (χ4v) is 3.84. The molecule has 5 nitrogen and oxygen atoms in total. The summed E-state index contributed by atoms with van der Waals surface area (Å²) < 4.78 is 5.43. The highest BCUT2D eigenvalue weighted by molar-refractivity contribution is 5.95. The van der Waals surface area contributed by atoms with Crippen LogP contribution in [0.3, 0.4) is 0 Å². The first-order valence-electron chi connectivity index (χ1n) is 10.0. The highest BCUT2D eigenvalue weighted by Crippen LogP contribution is 2.24. The van der Waals surface area contributed by atoms with Gasteiger partial charge in [-0.1, -0.05) is 26.0 Å². The molecule has 5 heteroatoms. The van der Waals surface area contributed by atoms with Gasteiger partial charge >= 0.3 is 5.63 Å². The Labute approximate surface area is 166 Å². The van der Waals surface area contributed by atoms with Gasteiger partial charge in [0.25, 0.3) is 5.91 Å². The number of hydrogen-bond acceptors (Lipinski definition) is 4. The van der Waals surface area contributed by atoms with Crippen LogP contribution in [-0.4, -0.2) is 29.0 Å². The molecule has 1 amide bonds. The van der Waals surface area contributed by atoms with Crippen LogP contribution in [0.4, 0.5) is 0 Å². The van der Waals surface area contributed by atoms with Crippen molar-refractivity contribution in [1.29, 1.82) is 0 Å². The van der Waals surface area contributed by atoms with Gasteiger partial charge in [0.2, 0.25) is 0 Å². The molecular weight excluding hydrogens is 354 g/mol. The Morgan fingerprint density at radius 2 is 2.11 bits per heavy atom. The van der Waals surface area contributed by atoms with E-state index in [1.807, 2.05) is 25.1 Å². The normalized spacial score (nSPS) is 16.7. The Balaban J connectivity index is 1.68. The Morgan fingerprint density at radius 3 is 2.79 bits per heavy atom. The molecule has 0 aliphatic carbocycles. The zero-order valence-corrected chi connectivity index (χ0v) is 16.9. The fraction of sp³-hybridized carbons (Fsp3) is 0.478. The molecule has 0 saturated carbocycles. The Kier molecular flexibility index (Phi) is 6.22. The lowest BCUT2D eigenvalue weighted by Gasteiger charge is -2.17. The third-order valence-corrected chi connectivity index (χ3v) is 5.39.